The Labute approximate surface area is 182 Å². The van der Waals surface area contributed by atoms with E-state index in [-0.39, 0.29) is 12.2 Å². The average Bonchev–Trinajstić information content (AvgIpc) is 2.67. The molecule has 0 radical (unpaired) electrons. The van der Waals surface area contributed by atoms with E-state index in [1.54, 1.807) is 13.8 Å². The number of carboxylic acid groups (broad SMARTS) is 1. The highest BCUT2D eigenvalue weighted by molar-refractivity contribution is 7.80. The number of thiol groups is 1. The Balaban J connectivity index is 5.25. The fourth-order valence-electron chi connectivity index (χ4n) is 2.54. The lowest BCUT2D eigenvalue weighted by Crippen LogP contribution is -2.60. The van der Waals surface area contributed by atoms with E-state index in [0.717, 1.165) is 0 Å². The molecule has 0 aliphatic heterocycles. The molecule has 30 heavy (non-hydrogen) atoms. The van der Waals surface area contributed by atoms with Crippen LogP contribution in [0.4, 0.5) is 0 Å². The molecule has 5 unspecified atom stereocenters. The molecule has 9 N–H and O–H groups in total. The van der Waals surface area contributed by atoms with Crippen molar-refractivity contribution >= 4 is 36.3 Å². The van der Waals surface area contributed by atoms with Gasteiger partial charge in [0.05, 0.1) is 12.1 Å². The van der Waals surface area contributed by atoms with E-state index >= 15 is 0 Å². The van der Waals surface area contributed by atoms with E-state index in [4.69, 9.17) is 11.5 Å². The molecule has 0 fully saturated rings. The molecule has 0 heterocycles. The molecule has 0 rings (SSSR count). The second kappa shape index (κ2) is 14.2. The van der Waals surface area contributed by atoms with Crippen LogP contribution in [0.25, 0.3) is 0 Å². The summed E-state index contributed by atoms with van der Waals surface area (Å²) in [7, 11) is 0. The number of aliphatic hydroxyl groups is 1. The van der Waals surface area contributed by atoms with Crippen LogP contribution in [0, 0.1) is 5.92 Å². The van der Waals surface area contributed by atoms with Gasteiger partial charge in [-0.1, -0.05) is 13.8 Å². The number of hydrogen-bond donors (Lipinski definition) is 8. The van der Waals surface area contributed by atoms with Gasteiger partial charge in [0.2, 0.25) is 17.7 Å². The zero-order chi connectivity index (χ0) is 23.4. The Bertz CT molecular complexity index is 589. The summed E-state index contributed by atoms with van der Waals surface area (Å²) in [5.41, 5.74) is 11.0. The lowest BCUT2D eigenvalue weighted by Gasteiger charge is -2.28. The van der Waals surface area contributed by atoms with Gasteiger partial charge in [0.15, 0.2) is 0 Å². The number of carbonyl (C=O) groups excluding carboxylic acids is 3. The van der Waals surface area contributed by atoms with Crippen molar-refractivity contribution in [1.29, 1.82) is 0 Å². The van der Waals surface area contributed by atoms with Gasteiger partial charge in [0, 0.05) is 5.75 Å². The lowest BCUT2D eigenvalue weighted by atomic mass is 10.0. The molecule has 174 valence electrons. The number of amides is 3. The smallest absolute Gasteiger partial charge is 0.326 e. The van der Waals surface area contributed by atoms with Crippen LogP contribution in [0.3, 0.4) is 0 Å². The normalized spacial score (nSPS) is 16.1. The van der Waals surface area contributed by atoms with Crippen LogP contribution < -0.4 is 27.4 Å². The van der Waals surface area contributed by atoms with Crippen molar-refractivity contribution in [2.75, 3.05) is 12.3 Å². The highest BCUT2D eigenvalue weighted by Crippen LogP contribution is 2.07. The first-order valence-electron chi connectivity index (χ1n) is 9.84. The third-order valence-electron chi connectivity index (χ3n) is 4.40. The second-order valence-corrected chi connectivity index (χ2v) is 7.80. The van der Waals surface area contributed by atoms with Gasteiger partial charge in [-0.05, 0) is 38.6 Å². The zero-order valence-corrected chi connectivity index (χ0v) is 18.5. The van der Waals surface area contributed by atoms with Crippen LogP contribution in [-0.4, -0.2) is 76.5 Å². The summed E-state index contributed by atoms with van der Waals surface area (Å²) in [5.74, 6) is -3.70. The number of nitrogens with two attached hydrogens (primary N) is 2. The fourth-order valence-corrected chi connectivity index (χ4v) is 2.70. The van der Waals surface area contributed by atoms with E-state index in [9.17, 15) is 29.4 Å². The average molecular weight is 450 g/mol. The summed E-state index contributed by atoms with van der Waals surface area (Å²) in [4.78, 5) is 48.7. The Morgan fingerprint density at radius 1 is 0.933 bits per heavy atom. The number of carboxylic acids is 1. The van der Waals surface area contributed by atoms with Crippen molar-refractivity contribution in [3.05, 3.63) is 0 Å². The van der Waals surface area contributed by atoms with Crippen molar-refractivity contribution in [3.8, 4) is 0 Å². The Kier molecular flexibility index (Phi) is 13.3. The van der Waals surface area contributed by atoms with Gasteiger partial charge < -0.3 is 37.6 Å². The Hall–Kier alpha value is -1.89. The van der Waals surface area contributed by atoms with Gasteiger partial charge in [-0.2, -0.15) is 12.6 Å². The summed E-state index contributed by atoms with van der Waals surface area (Å²) in [6, 6.07) is -4.53. The molecule has 12 heteroatoms. The quantitative estimate of drug-likeness (QED) is 0.109. The van der Waals surface area contributed by atoms with Crippen molar-refractivity contribution in [3.63, 3.8) is 0 Å². The van der Waals surface area contributed by atoms with Gasteiger partial charge in [0.25, 0.3) is 0 Å². The molecule has 11 nitrogen and oxygen atoms in total. The topological polar surface area (TPSA) is 197 Å². The number of carbonyl (C=O) groups is 4. The van der Waals surface area contributed by atoms with Gasteiger partial charge in [0.1, 0.15) is 18.1 Å². The highest BCUT2D eigenvalue weighted by Gasteiger charge is 2.33. The minimum Gasteiger partial charge on any atom is -0.480 e. The lowest BCUT2D eigenvalue weighted by molar-refractivity contribution is -0.143. The van der Waals surface area contributed by atoms with Crippen molar-refractivity contribution < 1.29 is 29.4 Å². The van der Waals surface area contributed by atoms with E-state index in [1.165, 1.54) is 6.92 Å². The fraction of sp³-hybridized carbons (Fsp3) is 0.778. The van der Waals surface area contributed by atoms with Crippen LogP contribution >= 0.6 is 12.6 Å². The molecule has 0 spiro atoms. The van der Waals surface area contributed by atoms with Crippen molar-refractivity contribution in [1.82, 2.24) is 16.0 Å². The molecule has 0 aliphatic rings. The molecule has 0 saturated heterocycles. The maximum Gasteiger partial charge on any atom is 0.326 e. The third-order valence-corrected chi connectivity index (χ3v) is 4.80. The standard InChI is InChI=1S/C18H35N5O6S/c1-9(2)13(16(26)21-12(18(28)29)6-4-5-7-19)22-17(27)14(10(3)24)23-15(25)11(20)8-30/h9-14,24,30H,4-8,19-20H2,1-3H3,(H,21,26)(H,22,27)(H,23,25)(H,28,29). The van der Waals surface area contributed by atoms with Gasteiger partial charge in [-0.25, -0.2) is 4.79 Å². The van der Waals surface area contributed by atoms with Crippen molar-refractivity contribution in [2.24, 2.45) is 17.4 Å². The van der Waals surface area contributed by atoms with E-state index in [2.05, 4.69) is 28.6 Å². The first-order valence-corrected chi connectivity index (χ1v) is 10.5. The van der Waals surface area contributed by atoms with E-state index in [1.807, 2.05) is 0 Å². The second-order valence-electron chi connectivity index (χ2n) is 7.43. The van der Waals surface area contributed by atoms with Gasteiger partial charge >= 0.3 is 5.97 Å². The molecule has 0 aromatic rings. The van der Waals surface area contributed by atoms with Gasteiger partial charge in [-0.15, -0.1) is 0 Å². The Morgan fingerprint density at radius 2 is 1.47 bits per heavy atom. The van der Waals surface area contributed by atoms with Crippen molar-refractivity contribution in [2.45, 2.75) is 70.3 Å². The summed E-state index contributed by atoms with van der Waals surface area (Å²) < 4.78 is 0. The predicted molar refractivity (Wildman–Crippen MR) is 115 cm³/mol. The minimum atomic E-state index is -1.35. The van der Waals surface area contributed by atoms with E-state index < -0.39 is 59.9 Å². The van der Waals surface area contributed by atoms with Crippen LogP contribution in [0.1, 0.15) is 40.0 Å². The minimum absolute atomic E-state index is 0.0394. The number of aliphatic carboxylic acids is 1. The molecular formula is C18H35N5O6S. The van der Waals surface area contributed by atoms with Crippen LogP contribution in [0.5, 0.6) is 0 Å². The van der Waals surface area contributed by atoms with Crippen LogP contribution in [0.2, 0.25) is 0 Å². The maximum absolute atomic E-state index is 12.6. The number of nitrogens with one attached hydrogen (secondary N) is 3. The monoisotopic (exact) mass is 449 g/mol. The molecule has 5 atom stereocenters. The van der Waals surface area contributed by atoms with Crippen LogP contribution in [0.15, 0.2) is 0 Å². The molecule has 0 aliphatic carbocycles. The molecule has 0 aromatic heterocycles. The first kappa shape index (κ1) is 28.1. The van der Waals surface area contributed by atoms with E-state index in [0.29, 0.717) is 19.4 Å². The third kappa shape index (κ3) is 9.74. The Morgan fingerprint density at radius 3 is 1.90 bits per heavy atom. The molecule has 3 amide bonds. The molecular weight excluding hydrogens is 414 g/mol. The predicted octanol–water partition coefficient (Wildman–Crippen LogP) is -2.05. The number of rotatable bonds is 14. The molecule has 0 aromatic carbocycles. The molecule has 0 bridgehead atoms. The maximum atomic E-state index is 12.6. The summed E-state index contributed by atoms with van der Waals surface area (Å²) in [6.07, 6.45) is 0.0765. The summed E-state index contributed by atoms with van der Waals surface area (Å²) in [5, 5.41) is 26.4. The zero-order valence-electron chi connectivity index (χ0n) is 17.6. The largest absolute Gasteiger partial charge is 0.480 e. The number of aliphatic hydroxyl groups excluding tert-OH is 1. The highest BCUT2D eigenvalue weighted by atomic mass is 32.1. The number of hydrogen-bond acceptors (Lipinski definition) is 8. The molecule has 0 saturated carbocycles. The number of unbranched alkanes of at least 4 members (excludes halogenated alkanes) is 1. The summed E-state index contributed by atoms with van der Waals surface area (Å²) in [6.45, 7) is 5.05. The summed E-state index contributed by atoms with van der Waals surface area (Å²) >= 11 is 3.91. The van der Waals surface area contributed by atoms with Gasteiger partial charge in [-0.3, -0.25) is 14.4 Å². The SMILES string of the molecule is CC(C)C(NC(=O)C(NC(=O)C(N)CS)C(C)O)C(=O)NC(CCCCN)C(=O)O. The first-order chi connectivity index (χ1) is 14.0. The van der Waals surface area contributed by atoms with Crippen LogP contribution in [-0.2, 0) is 19.2 Å².